The van der Waals surface area contributed by atoms with Crippen LogP contribution in [0.4, 0.5) is 0 Å². The molecule has 0 fully saturated rings. The average molecular weight is 441 g/mol. The van der Waals surface area contributed by atoms with Gasteiger partial charge in [-0.25, -0.2) is 0 Å². The van der Waals surface area contributed by atoms with Crippen LogP contribution in [0.1, 0.15) is 101 Å². The van der Waals surface area contributed by atoms with Crippen LogP contribution in [0.2, 0.25) is 4.44 Å². The maximum absolute atomic E-state index is 2.40. The second kappa shape index (κ2) is 16.0. The van der Waals surface area contributed by atoms with Crippen LogP contribution in [0.3, 0.4) is 0 Å². The molecule has 23 heavy (non-hydrogen) atoms. The van der Waals surface area contributed by atoms with Crippen molar-refractivity contribution in [3.8, 4) is 0 Å². The standard InChI is InChI=1S/C19H33S.C2H5.Sn/c1-3-4-5-6-7-8-9-10-11-12-13-14-15-19-17-16-18(2)20-19;1-2;/h16-17H,2-15H2,1H3;1H2,2H3;. The van der Waals surface area contributed by atoms with E-state index in [0.29, 0.717) is 0 Å². The zero-order valence-electron chi connectivity index (χ0n) is 15.7. The Labute approximate surface area is 160 Å². The van der Waals surface area contributed by atoms with E-state index in [0.717, 1.165) is 0 Å². The van der Waals surface area contributed by atoms with E-state index in [4.69, 9.17) is 0 Å². The van der Waals surface area contributed by atoms with Gasteiger partial charge in [0.15, 0.2) is 0 Å². The quantitative estimate of drug-likeness (QED) is 0.183. The third-order valence-corrected chi connectivity index (χ3v) is 9.65. The van der Waals surface area contributed by atoms with Gasteiger partial charge in [0.05, 0.1) is 0 Å². The molecule has 2 heteroatoms. The van der Waals surface area contributed by atoms with Crippen molar-refractivity contribution < 1.29 is 0 Å². The first kappa shape index (κ1) is 21.5. The average Bonchev–Trinajstić information content (AvgIpc) is 3.02. The molecule has 0 spiro atoms. The molecule has 0 aliphatic heterocycles. The first-order valence-electron chi connectivity index (χ1n) is 10.1. The second-order valence-corrected chi connectivity index (χ2v) is 12.5. The van der Waals surface area contributed by atoms with E-state index in [1.54, 1.807) is 9.75 Å². The van der Waals surface area contributed by atoms with Crippen LogP contribution in [-0.2, 0) is 10.9 Å². The number of aryl methyl sites for hydroxylation is 1. The fourth-order valence-electron chi connectivity index (χ4n) is 3.04. The molecule has 0 atom stereocenters. The van der Waals surface area contributed by atoms with Crippen molar-refractivity contribution in [1.82, 2.24) is 0 Å². The topological polar surface area (TPSA) is 0 Å². The molecule has 0 saturated carbocycles. The fraction of sp³-hybridized carbons (Fsp3) is 0.810. The van der Waals surface area contributed by atoms with E-state index >= 15 is 0 Å². The first-order valence-corrected chi connectivity index (χ1v) is 15.0. The number of unbranched alkanes of at least 4 members (excludes halogenated alkanes) is 11. The van der Waals surface area contributed by atoms with Crippen LogP contribution < -0.4 is 0 Å². The molecule has 0 unspecified atom stereocenters. The van der Waals surface area contributed by atoms with Gasteiger partial charge in [0.1, 0.15) is 0 Å². The van der Waals surface area contributed by atoms with E-state index in [9.17, 15) is 0 Å². The summed E-state index contributed by atoms with van der Waals surface area (Å²) >= 11 is 2.05. The molecule has 0 N–H and O–H groups in total. The van der Waals surface area contributed by atoms with Gasteiger partial charge in [-0.15, -0.1) is 0 Å². The molecule has 0 saturated heterocycles. The fourth-order valence-corrected chi connectivity index (χ4v) is 7.02. The Morgan fingerprint density at radius 1 is 0.696 bits per heavy atom. The van der Waals surface area contributed by atoms with E-state index in [1.807, 2.05) is 0 Å². The number of thiophene rings is 1. The zero-order valence-corrected chi connectivity index (χ0v) is 19.3. The molecule has 132 valence electrons. The van der Waals surface area contributed by atoms with E-state index in [1.165, 1.54) is 92.3 Å². The Bertz CT molecular complexity index is 358. The molecule has 1 aromatic rings. The maximum atomic E-state index is 2.40. The van der Waals surface area contributed by atoms with Gasteiger partial charge in [-0.1, -0.05) is 39.0 Å². The summed E-state index contributed by atoms with van der Waals surface area (Å²) in [6.07, 6.45) is 18.7. The summed E-state index contributed by atoms with van der Waals surface area (Å²) in [5, 5.41) is 0. The minimum atomic E-state index is -0.0532. The molecule has 2 radical (unpaired) electrons. The molecule has 0 aromatic carbocycles. The summed E-state index contributed by atoms with van der Waals surface area (Å²) in [5.74, 6) is 0. The van der Waals surface area contributed by atoms with Crippen LogP contribution in [0.15, 0.2) is 12.1 Å². The first-order chi connectivity index (χ1) is 11.4. The molecule has 0 aliphatic carbocycles. The molecule has 0 bridgehead atoms. The third kappa shape index (κ3) is 12.5. The van der Waals surface area contributed by atoms with Crippen LogP contribution in [0, 0.1) is 0 Å². The van der Waals surface area contributed by atoms with Crippen LogP contribution in [-0.4, -0.2) is 21.1 Å². The van der Waals surface area contributed by atoms with Crippen molar-refractivity contribution in [3.05, 3.63) is 21.9 Å². The zero-order chi connectivity index (χ0) is 16.6. The predicted molar refractivity (Wildman–Crippen MR) is 109 cm³/mol. The van der Waals surface area contributed by atoms with Crippen molar-refractivity contribution in [2.45, 2.75) is 106 Å². The van der Waals surface area contributed by atoms with Gasteiger partial charge >= 0.3 is 122 Å². The second-order valence-electron chi connectivity index (χ2n) is 6.79. The van der Waals surface area contributed by atoms with E-state index in [-0.39, 0.29) is 21.1 Å². The monoisotopic (exact) mass is 442 g/mol. The van der Waals surface area contributed by atoms with Crippen molar-refractivity contribution in [2.24, 2.45) is 0 Å². The molecule has 0 nitrogen and oxygen atoms in total. The molecule has 1 rings (SSSR count). The Kier molecular flexibility index (Phi) is 15.0. The van der Waals surface area contributed by atoms with Crippen molar-refractivity contribution in [2.75, 3.05) is 0 Å². The summed E-state index contributed by atoms with van der Waals surface area (Å²) < 4.78 is 2.94. The van der Waals surface area contributed by atoms with Gasteiger partial charge in [-0.05, 0) is 0 Å². The van der Waals surface area contributed by atoms with E-state index in [2.05, 4.69) is 37.3 Å². The molecule has 1 heterocycles. The van der Waals surface area contributed by atoms with Gasteiger partial charge in [-0.2, -0.15) is 0 Å². The van der Waals surface area contributed by atoms with Gasteiger partial charge in [0.25, 0.3) is 0 Å². The number of hydrogen-bond acceptors (Lipinski definition) is 1. The Hall–Kier alpha value is 0.499. The summed E-state index contributed by atoms with van der Waals surface area (Å²) in [7, 11) is 0. The summed E-state index contributed by atoms with van der Waals surface area (Å²) in [6.45, 7) is 4.65. The molecule has 0 amide bonds. The van der Waals surface area contributed by atoms with Crippen LogP contribution in [0.25, 0.3) is 0 Å². The number of rotatable bonds is 16. The molecular formula is C21H38SSn. The molecule has 0 aliphatic rings. The van der Waals surface area contributed by atoms with Crippen molar-refractivity contribution in [3.63, 3.8) is 0 Å². The minimum absolute atomic E-state index is 0.0532. The van der Waals surface area contributed by atoms with Crippen LogP contribution >= 0.6 is 11.3 Å². The van der Waals surface area contributed by atoms with Crippen molar-refractivity contribution >= 4 is 32.5 Å². The number of hydrogen-bond donors (Lipinski definition) is 0. The summed E-state index contributed by atoms with van der Waals surface area (Å²) in [5.41, 5.74) is 0. The molecule has 1 aromatic heterocycles. The Morgan fingerprint density at radius 3 is 1.78 bits per heavy atom. The summed E-state index contributed by atoms with van der Waals surface area (Å²) in [6, 6.07) is 4.80. The van der Waals surface area contributed by atoms with E-state index < -0.39 is 0 Å². The van der Waals surface area contributed by atoms with Gasteiger partial charge in [-0.3, -0.25) is 0 Å². The Morgan fingerprint density at radius 2 is 1.22 bits per heavy atom. The van der Waals surface area contributed by atoms with Gasteiger partial charge in [0.2, 0.25) is 0 Å². The Balaban J connectivity index is 1.85. The molecular weight excluding hydrogens is 403 g/mol. The predicted octanol–water partition coefficient (Wildman–Crippen LogP) is 7.63. The van der Waals surface area contributed by atoms with Crippen molar-refractivity contribution in [1.29, 1.82) is 0 Å². The van der Waals surface area contributed by atoms with Gasteiger partial charge in [0, 0.05) is 0 Å². The van der Waals surface area contributed by atoms with Crippen LogP contribution in [0.5, 0.6) is 0 Å². The SMILES string of the molecule is CCCCCCCCCCCCCCc1ccc([CH2][Sn][CH2]C)s1. The summed E-state index contributed by atoms with van der Waals surface area (Å²) in [4.78, 5) is 3.31. The third-order valence-electron chi connectivity index (χ3n) is 4.54. The normalized spacial score (nSPS) is 11.2. The van der Waals surface area contributed by atoms with Gasteiger partial charge < -0.3 is 0 Å².